The maximum Gasteiger partial charge on any atom is 0.241 e. The zero-order valence-corrected chi connectivity index (χ0v) is 10.5. The molecule has 0 aliphatic heterocycles. The molecule has 0 atom stereocenters. The van der Waals surface area contributed by atoms with Crippen LogP contribution in [0.5, 0.6) is 0 Å². The maximum absolute atomic E-state index is 11.9. The van der Waals surface area contributed by atoms with E-state index in [1.807, 2.05) is 0 Å². The first-order valence-corrected chi connectivity index (χ1v) is 6.03. The van der Waals surface area contributed by atoms with Crippen molar-refractivity contribution >= 4 is 33.0 Å². The molecule has 2 heterocycles. The summed E-state index contributed by atoms with van der Waals surface area (Å²) in [5, 5.41) is 0. The summed E-state index contributed by atoms with van der Waals surface area (Å²) in [6.45, 7) is 7.08. The fourth-order valence-electron chi connectivity index (χ4n) is 1.24. The fourth-order valence-corrected chi connectivity index (χ4v) is 2.85. The molecule has 2 rings (SSSR count). The van der Waals surface area contributed by atoms with Crippen LogP contribution in [0.2, 0.25) is 0 Å². The van der Waals surface area contributed by atoms with Crippen molar-refractivity contribution in [1.82, 2.24) is 0 Å². The van der Waals surface area contributed by atoms with E-state index in [1.165, 1.54) is 17.6 Å². The van der Waals surface area contributed by atoms with Crippen molar-refractivity contribution < 1.29 is 9.21 Å². The molecule has 0 aliphatic rings. The number of rotatable bonds is 3. The molecule has 0 saturated carbocycles. The van der Waals surface area contributed by atoms with Gasteiger partial charge in [0.1, 0.15) is 0 Å². The van der Waals surface area contributed by atoms with E-state index >= 15 is 0 Å². The molecule has 0 radical (unpaired) electrons. The molecular weight excluding hydrogens is 290 g/mol. The summed E-state index contributed by atoms with van der Waals surface area (Å²) >= 11 is 4.67. The lowest BCUT2D eigenvalue weighted by atomic mass is 10.2. The summed E-state index contributed by atoms with van der Waals surface area (Å²) in [7, 11) is 0. The molecule has 2 aromatic heterocycles. The topological polar surface area (TPSA) is 34.6 Å². The van der Waals surface area contributed by atoms with Crippen LogP contribution in [-0.4, -0.2) is 5.78 Å². The number of furan rings is 1. The van der Waals surface area contributed by atoms with E-state index in [4.69, 9.17) is 11.0 Å². The Morgan fingerprint density at radius 3 is 3.06 bits per heavy atom. The van der Waals surface area contributed by atoms with Crippen LogP contribution in [0.4, 0.5) is 0 Å². The smallest absolute Gasteiger partial charge is 0.241 e. The van der Waals surface area contributed by atoms with Gasteiger partial charge in [-0.2, -0.15) is 0 Å². The predicted molar refractivity (Wildman–Crippen MR) is 64.5 cm³/mol. The van der Waals surface area contributed by atoms with Gasteiger partial charge in [0.05, 0.1) is 20.5 Å². The van der Waals surface area contributed by atoms with Gasteiger partial charge in [0.2, 0.25) is 12.3 Å². The van der Waals surface area contributed by atoms with Crippen molar-refractivity contribution in [2.45, 2.75) is 6.54 Å². The van der Waals surface area contributed by atoms with E-state index in [0.717, 1.165) is 9.35 Å². The largest absolute Gasteiger partial charge is 0.461 e. The standard InChI is InChI=1S/C11H6BrNO2S/c1-13-6-7-5-9(16-11(7)12)10(14)8-3-2-4-15-8/h2-5H,6H2. The number of carbonyl (C=O) groups excluding carboxylic acids is 1. The van der Waals surface area contributed by atoms with Crippen LogP contribution in [0.15, 0.2) is 32.7 Å². The number of halogens is 1. The minimum absolute atomic E-state index is 0.146. The van der Waals surface area contributed by atoms with Crippen LogP contribution in [0.25, 0.3) is 4.85 Å². The van der Waals surface area contributed by atoms with E-state index in [-0.39, 0.29) is 12.3 Å². The molecule has 16 heavy (non-hydrogen) atoms. The van der Waals surface area contributed by atoms with Crippen molar-refractivity contribution in [1.29, 1.82) is 0 Å². The number of hydrogen-bond donors (Lipinski definition) is 0. The maximum atomic E-state index is 11.9. The molecule has 5 heteroatoms. The molecule has 2 aromatic rings. The molecular formula is C11H6BrNO2S. The summed E-state index contributed by atoms with van der Waals surface area (Å²) in [5.74, 6) is 0.176. The zero-order chi connectivity index (χ0) is 11.5. The summed E-state index contributed by atoms with van der Waals surface area (Å²) < 4.78 is 5.87. The second-order valence-electron chi connectivity index (χ2n) is 3.03. The summed E-state index contributed by atoms with van der Waals surface area (Å²) in [5.41, 5.74) is 0.843. The number of ketones is 1. The zero-order valence-electron chi connectivity index (χ0n) is 8.07. The lowest BCUT2D eigenvalue weighted by molar-refractivity contribution is 0.101. The van der Waals surface area contributed by atoms with Crippen molar-refractivity contribution in [3.05, 3.63) is 55.9 Å². The quantitative estimate of drug-likeness (QED) is 0.638. The third-order valence-corrected chi connectivity index (χ3v) is 3.93. The van der Waals surface area contributed by atoms with Gasteiger partial charge in [0.25, 0.3) is 0 Å². The predicted octanol–water partition coefficient (Wildman–Crippen LogP) is 3.75. The Morgan fingerprint density at radius 2 is 2.44 bits per heavy atom. The van der Waals surface area contributed by atoms with Gasteiger partial charge in [-0.05, 0) is 34.1 Å². The molecule has 0 bridgehead atoms. The third-order valence-electron chi connectivity index (χ3n) is 1.98. The number of nitrogens with zero attached hydrogens (tertiary/aromatic N) is 1. The van der Waals surface area contributed by atoms with Gasteiger partial charge in [-0.25, -0.2) is 6.57 Å². The Hall–Kier alpha value is -1.38. The minimum atomic E-state index is -0.146. The Kier molecular flexibility index (Phi) is 3.22. The van der Waals surface area contributed by atoms with Gasteiger partial charge in [-0.15, -0.1) is 11.3 Å². The van der Waals surface area contributed by atoms with Gasteiger partial charge >= 0.3 is 0 Å². The monoisotopic (exact) mass is 295 g/mol. The van der Waals surface area contributed by atoms with Gasteiger partial charge in [-0.3, -0.25) is 4.79 Å². The molecule has 0 aliphatic carbocycles. The highest BCUT2D eigenvalue weighted by Crippen LogP contribution is 2.30. The van der Waals surface area contributed by atoms with Crippen LogP contribution < -0.4 is 0 Å². The molecule has 80 valence electrons. The average molecular weight is 296 g/mol. The summed E-state index contributed by atoms with van der Waals surface area (Å²) in [6, 6.07) is 5.04. The van der Waals surface area contributed by atoms with E-state index in [0.29, 0.717) is 10.6 Å². The van der Waals surface area contributed by atoms with Gasteiger partial charge < -0.3 is 9.26 Å². The molecule has 0 amide bonds. The van der Waals surface area contributed by atoms with Crippen molar-refractivity contribution in [2.75, 3.05) is 0 Å². The number of carbonyl (C=O) groups is 1. The lowest BCUT2D eigenvalue weighted by Crippen LogP contribution is -1.95. The Labute approximate surface area is 105 Å². The normalized spacial score (nSPS) is 10.0. The molecule has 0 N–H and O–H groups in total. The molecule has 0 aromatic carbocycles. The SMILES string of the molecule is [C-]#[N+]Cc1cc(C(=O)c2ccco2)sc1Br. The van der Waals surface area contributed by atoms with E-state index in [1.54, 1.807) is 18.2 Å². The van der Waals surface area contributed by atoms with E-state index < -0.39 is 0 Å². The number of hydrogen-bond acceptors (Lipinski definition) is 3. The van der Waals surface area contributed by atoms with Crippen LogP contribution >= 0.6 is 27.3 Å². The lowest BCUT2D eigenvalue weighted by Gasteiger charge is -1.89. The van der Waals surface area contributed by atoms with Gasteiger partial charge in [0.15, 0.2) is 5.76 Å². The Morgan fingerprint density at radius 1 is 1.62 bits per heavy atom. The van der Waals surface area contributed by atoms with Gasteiger partial charge in [-0.1, -0.05) is 0 Å². The molecule has 0 spiro atoms. The van der Waals surface area contributed by atoms with Crippen molar-refractivity contribution in [3.63, 3.8) is 0 Å². The highest BCUT2D eigenvalue weighted by molar-refractivity contribution is 9.11. The van der Waals surface area contributed by atoms with E-state index in [2.05, 4.69) is 20.8 Å². The summed E-state index contributed by atoms with van der Waals surface area (Å²) in [6.07, 6.45) is 1.47. The van der Waals surface area contributed by atoms with Crippen LogP contribution in [0.3, 0.4) is 0 Å². The Balaban J connectivity index is 2.32. The highest BCUT2D eigenvalue weighted by atomic mass is 79.9. The minimum Gasteiger partial charge on any atom is -0.461 e. The Bertz CT molecular complexity index is 551. The van der Waals surface area contributed by atoms with E-state index in [9.17, 15) is 4.79 Å². The number of thiophene rings is 1. The molecule has 0 unspecified atom stereocenters. The molecule has 3 nitrogen and oxygen atoms in total. The average Bonchev–Trinajstić information content (AvgIpc) is 2.88. The second-order valence-corrected chi connectivity index (χ2v) is 5.40. The molecule has 0 fully saturated rings. The highest BCUT2D eigenvalue weighted by Gasteiger charge is 2.17. The van der Waals surface area contributed by atoms with Crippen molar-refractivity contribution in [3.8, 4) is 0 Å². The molecule has 0 saturated heterocycles. The van der Waals surface area contributed by atoms with Crippen LogP contribution in [0.1, 0.15) is 21.0 Å². The van der Waals surface area contributed by atoms with Crippen LogP contribution in [-0.2, 0) is 6.54 Å². The first-order valence-electron chi connectivity index (χ1n) is 4.42. The third kappa shape index (κ3) is 2.08. The fraction of sp³-hybridized carbons (Fsp3) is 0.0909. The van der Waals surface area contributed by atoms with Crippen LogP contribution in [0, 0.1) is 6.57 Å². The summed E-state index contributed by atoms with van der Waals surface area (Å²) in [4.78, 5) is 15.8. The van der Waals surface area contributed by atoms with Gasteiger partial charge in [0, 0.05) is 0 Å². The first kappa shape index (κ1) is 11.1. The first-order chi connectivity index (χ1) is 7.72. The second kappa shape index (κ2) is 4.64. The van der Waals surface area contributed by atoms with Crippen molar-refractivity contribution in [2.24, 2.45) is 0 Å².